The third-order valence-electron chi connectivity index (χ3n) is 1.56. The van der Waals surface area contributed by atoms with Crippen molar-refractivity contribution in [2.75, 3.05) is 0 Å². The number of nitriles is 1. The number of hydrogen-bond acceptors (Lipinski definition) is 2. The third-order valence-corrected chi connectivity index (χ3v) is 4.09. The van der Waals surface area contributed by atoms with Gasteiger partial charge in [-0.25, -0.2) is 0 Å². The molecule has 0 aromatic heterocycles. The second-order valence-electron chi connectivity index (χ2n) is 2.62. The standard InChI is InChI=1S/C9H5BrINO2/c10-7-2-5(3-8(13)14)1-6(4-12)9(7)11/h1-2H,3H2,(H,13,14). The Bertz CT molecular complexity index is 426. The molecule has 1 aromatic carbocycles. The number of nitrogens with zero attached hydrogens (tertiary/aromatic N) is 1. The van der Waals surface area contributed by atoms with Crippen LogP contribution in [-0.2, 0) is 11.2 Å². The van der Waals surface area contributed by atoms with Crippen LogP contribution in [-0.4, -0.2) is 11.1 Å². The number of halogens is 2. The van der Waals surface area contributed by atoms with Crippen molar-refractivity contribution in [1.82, 2.24) is 0 Å². The number of carboxylic acids is 1. The van der Waals surface area contributed by atoms with Crippen molar-refractivity contribution in [1.29, 1.82) is 5.26 Å². The van der Waals surface area contributed by atoms with Crippen LogP contribution in [0.3, 0.4) is 0 Å². The molecular weight excluding hydrogens is 361 g/mol. The molecule has 1 rings (SSSR count). The molecule has 0 bridgehead atoms. The lowest BCUT2D eigenvalue weighted by molar-refractivity contribution is -0.136. The van der Waals surface area contributed by atoms with E-state index in [2.05, 4.69) is 15.9 Å². The van der Waals surface area contributed by atoms with Crippen molar-refractivity contribution in [3.8, 4) is 6.07 Å². The van der Waals surface area contributed by atoms with E-state index in [1.165, 1.54) is 0 Å². The van der Waals surface area contributed by atoms with Gasteiger partial charge in [0.2, 0.25) is 0 Å². The highest BCUT2D eigenvalue weighted by Crippen LogP contribution is 2.24. The van der Waals surface area contributed by atoms with E-state index < -0.39 is 5.97 Å². The predicted molar refractivity (Wildman–Crippen MR) is 62.9 cm³/mol. The molecule has 0 amide bonds. The van der Waals surface area contributed by atoms with Crippen molar-refractivity contribution in [2.45, 2.75) is 6.42 Å². The Balaban J connectivity index is 3.18. The Morgan fingerprint density at radius 2 is 2.29 bits per heavy atom. The summed E-state index contributed by atoms with van der Waals surface area (Å²) in [6.45, 7) is 0. The van der Waals surface area contributed by atoms with Crippen LogP contribution in [0.2, 0.25) is 0 Å². The first-order chi connectivity index (χ1) is 6.54. The van der Waals surface area contributed by atoms with Gasteiger partial charge in [-0.2, -0.15) is 5.26 Å². The van der Waals surface area contributed by atoms with Gasteiger partial charge in [0, 0.05) is 8.04 Å². The van der Waals surface area contributed by atoms with Crippen LogP contribution in [0.4, 0.5) is 0 Å². The monoisotopic (exact) mass is 365 g/mol. The molecule has 0 fully saturated rings. The van der Waals surface area contributed by atoms with Crippen LogP contribution in [0, 0.1) is 14.9 Å². The summed E-state index contributed by atoms with van der Waals surface area (Å²) in [7, 11) is 0. The molecule has 14 heavy (non-hydrogen) atoms. The first-order valence-corrected chi connectivity index (χ1v) is 5.51. The quantitative estimate of drug-likeness (QED) is 0.819. The highest BCUT2D eigenvalue weighted by molar-refractivity contribution is 14.1. The molecule has 0 aliphatic heterocycles. The number of hydrogen-bond donors (Lipinski definition) is 1. The first kappa shape index (κ1) is 11.5. The van der Waals surface area contributed by atoms with E-state index >= 15 is 0 Å². The summed E-state index contributed by atoms with van der Waals surface area (Å²) < 4.78 is 1.56. The Kier molecular flexibility index (Phi) is 3.89. The highest BCUT2D eigenvalue weighted by Gasteiger charge is 2.08. The van der Waals surface area contributed by atoms with Crippen LogP contribution in [0.5, 0.6) is 0 Å². The number of carbonyl (C=O) groups is 1. The van der Waals surface area contributed by atoms with E-state index in [9.17, 15) is 4.79 Å². The van der Waals surface area contributed by atoms with Crippen molar-refractivity contribution < 1.29 is 9.90 Å². The van der Waals surface area contributed by atoms with Crippen LogP contribution in [0.15, 0.2) is 16.6 Å². The maximum atomic E-state index is 10.5. The van der Waals surface area contributed by atoms with Gasteiger partial charge in [-0.05, 0) is 56.2 Å². The molecule has 0 aliphatic carbocycles. The molecule has 0 unspecified atom stereocenters. The Morgan fingerprint density at radius 3 is 2.79 bits per heavy atom. The highest BCUT2D eigenvalue weighted by atomic mass is 127. The minimum Gasteiger partial charge on any atom is -0.481 e. The zero-order valence-corrected chi connectivity index (χ0v) is 10.7. The lowest BCUT2D eigenvalue weighted by atomic mass is 10.1. The molecular formula is C9H5BrINO2. The second kappa shape index (κ2) is 4.75. The molecule has 0 atom stereocenters. The van der Waals surface area contributed by atoms with Gasteiger partial charge in [0.25, 0.3) is 0 Å². The third kappa shape index (κ3) is 2.69. The summed E-state index contributed by atoms with van der Waals surface area (Å²) in [5, 5.41) is 17.4. The summed E-state index contributed by atoms with van der Waals surface area (Å²) in [5.74, 6) is -0.901. The van der Waals surface area contributed by atoms with Gasteiger partial charge >= 0.3 is 5.97 Å². The second-order valence-corrected chi connectivity index (χ2v) is 4.55. The van der Waals surface area contributed by atoms with Gasteiger partial charge in [0.05, 0.1) is 12.0 Å². The first-order valence-electron chi connectivity index (χ1n) is 3.64. The Labute approximate surface area is 103 Å². The smallest absolute Gasteiger partial charge is 0.307 e. The SMILES string of the molecule is N#Cc1cc(CC(=O)O)cc(Br)c1I. The Morgan fingerprint density at radius 1 is 1.64 bits per heavy atom. The van der Waals surface area contributed by atoms with Gasteiger partial charge in [-0.15, -0.1) is 0 Å². The van der Waals surface area contributed by atoms with Gasteiger partial charge in [-0.1, -0.05) is 0 Å². The number of carboxylic acid groups (broad SMARTS) is 1. The van der Waals surface area contributed by atoms with Crippen molar-refractivity contribution in [2.24, 2.45) is 0 Å². The van der Waals surface area contributed by atoms with Crippen molar-refractivity contribution in [3.63, 3.8) is 0 Å². The van der Waals surface area contributed by atoms with E-state index in [1.807, 2.05) is 28.7 Å². The fraction of sp³-hybridized carbons (Fsp3) is 0.111. The molecule has 0 saturated heterocycles. The molecule has 1 N–H and O–H groups in total. The largest absolute Gasteiger partial charge is 0.481 e. The van der Waals surface area contributed by atoms with E-state index in [0.717, 1.165) is 8.04 Å². The van der Waals surface area contributed by atoms with Gasteiger partial charge < -0.3 is 5.11 Å². The minimum atomic E-state index is -0.901. The molecule has 0 spiro atoms. The van der Waals surface area contributed by atoms with E-state index in [1.54, 1.807) is 12.1 Å². The van der Waals surface area contributed by atoms with Crippen molar-refractivity contribution >= 4 is 44.5 Å². The molecule has 0 saturated carbocycles. The Hall–Kier alpha value is -0.610. The molecule has 0 radical (unpaired) electrons. The predicted octanol–water partition coefficient (Wildman–Crippen LogP) is 2.55. The zero-order valence-electron chi connectivity index (χ0n) is 6.92. The van der Waals surface area contributed by atoms with Crippen LogP contribution in [0.1, 0.15) is 11.1 Å². The average molecular weight is 366 g/mol. The van der Waals surface area contributed by atoms with E-state index in [0.29, 0.717) is 11.1 Å². The summed E-state index contributed by atoms with van der Waals surface area (Å²) in [4.78, 5) is 10.5. The summed E-state index contributed by atoms with van der Waals surface area (Å²) in [6, 6.07) is 5.34. The fourth-order valence-electron chi connectivity index (χ4n) is 1.00. The molecule has 0 heterocycles. The van der Waals surface area contributed by atoms with Gasteiger partial charge in [-0.3, -0.25) is 4.79 Å². The van der Waals surface area contributed by atoms with Crippen LogP contribution >= 0.6 is 38.5 Å². The van der Waals surface area contributed by atoms with Gasteiger partial charge in [0.15, 0.2) is 0 Å². The van der Waals surface area contributed by atoms with Crippen LogP contribution < -0.4 is 0 Å². The van der Waals surface area contributed by atoms with Crippen LogP contribution in [0.25, 0.3) is 0 Å². The summed E-state index contributed by atoms with van der Waals surface area (Å²) in [6.07, 6.45) is -0.0653. The maximum absolute atomic E-state index is 10.5. The zero-order chi connectivity index (χ0) is 10.7. The normalized spacial score (nSPS) is 9.50. The lowest BCUT2D eigenvalue weighted by Gasteiger charge is -2.02. The number of benzene rings is 1. The molecule has 1 aromatic rings. The number of aliphatic carboxylic acids is 1. The summed E-state index contributed by atoms with van der Waals surface area (Å²) >= 11 is 5.31. The van der Waals surface area contributed by atoms with E-state index in [-0.39, 0.29) is 6.42 Å². The molecule has 0 aliphatic rings. The van der Waals surface area contributed by atoms with Crippen molar-refractivity contribution in [3.05, 3.63) is 31.3 Å². The molecule has 5 heteroatoms. The fourth-order valence-corrected chi connectivity index (χ4v) is 1.94. The minimum absolute atomic E-state index is 0.0653. The maximum Gasteiger partial charge on any atom is 0.307 e. The molecule has 3 nitrogen and oxygen atoms in total. The average Bonchev–Trinajstić information content (AvgIpc) is 2.10. The summed E-state index contributed by atoms with van der Waals surface area (Å²) in [5.41, 5.74) is 1.12. The van der Waals surface area contributed by atoms with E-state index in [4.69, 9.17) is 10.4 Å². The molecule has 72 valence electrons. The topological polar surface area (TPSA) is 61.1 Å². The number of rotatable bonds is 2. The van der Waals surface area contributed by atoms with Gasteiger partial charge in [0.1, 0.15) is 6.07 Å². The lowest BCUT2D eigenvalue weighted by Crippen LogP contribution is -2.01.